The fraction of sp³-hybridized carbons (Fsp3) is 0.640. The van der Waals surface area contributed by atoms with Gasteiger partial charge in [-0.15, -0.1) is 0 Å². The second kappa shape index (κ2) is 8.18. The van der Waals surface area contributed by atoms with Gasteiger partial charge in [0.2, 0.25) is 5.91 Å². The molecule has 32 heavy (non-hydrogen) atoms. The monoisotopic (exact) mass is 437 g/mol. The number of likely N-dealkylation sites (tertiary alicyclic amines) is 1. The summed E-state index contributed by atoms with van der Waals surface area (Å²) >= 11 is 0. The van der Waals surface area contributed by atoms with Gasteiger partial charge in [0.25, 0.3) is 5.91 Å². The van der Waals surface area contributed by atoms with E-state index in [9.17, 15) is 9.59 Å². The molecule has 7 heteroatoms. The van der Waals surface area contributed by atoms with Crippen LogP contribution >= 0.6 is 0 Å². The Morgan fingerprint density at radius 2 is 2.09 bits per heavy atom. The van der Waals surface area contributed by atoms with E-state index in [1.807, 2.05) is 33.7 Å². The lowest BCUT2D eigenvalue weighted by atomic mass is 9.45. The number of aromatic nitrogens is 2. The summed E-state index contributed by atoms with van der Waals surface area (Å²) in [6.45, 7) is 6.86. The molecule has 1 aliphatic heterocycles. The zero-order chi connectivity index (χ0) is 22.5. The van der Waals surface area contributed by atoms with E-state index in [1.165, 1.54) is 19.3 Å². The molecule has 2 unspecified atom stereocenters. The standard InChI is InChI=1S/C25H35N5O2/c1-25(2)17-9-8-16(20(25)11-17)13-27-24(32)21-6-3-7-22-28-19(15-30(21)22)12-23(31)29-10-4-5-18(26)14-29/h3,6-7,15-18,20H,4-5,8-14,26H2,1-2H3,(H,27,32)/t16-,17?,18-,20?/m1/s1. The summed E-state index contributed by atoms with van der Waals surface area (Å²) in [7, 11) is 0. The first-order valence-corrected chi connectivity index (χ1v) is 12.1. The molecule has 2 bridgehead atoms. The summed E-state index contributed by atoms with van der Waals surface area (Å²) in [4.78, 5) is 32.2. The van der Waals surface area contributed by atoms with Crippen molar-refractivity contribution in [1.29, 1.82) is 0 Å². The minimum absolute atomic E-state index is 0.0493. The van der Waals surface area contributed by atoms with Gasteiger partial charge in [-0.3, -0.25) is 14.0 Å². The van der Waals surface area contributed by atoms with Crippen molar-refractivity contribution in [3.05, 3.63) is 35.8 Å². The third-order valence-corrected chi connectivity index (χ3v) is 8.44. The molecule has 3 N–H and O–H groups in total. The Bertz CT molecular complexity index is 1030. The van der Waals surface area contributed by atoms with Crippen LogP contribution in [0.1, 0.15) is 62.1 Å². The van der Waals surface area contributed by atoms with Crippen LogP contribution in [-0.2, 0) is 11.2 Å². The van der Waals surface area contributed by atoms with E-state index in [-0.39, 0.29) is 24.3 Å². The lowest BCUT2D eigenvalue weighted by molar-refractivity contribution is -0.131. The van der Waals surface area contributed by atoms with Crippen molar-refractivity contribution in [2.45, 2.75) is 58.4 Å². The minimum Gasteiger partial charge on any atom is -0.350 e. The lowest BCUT2D eigenvalue weighted by Gasteiger charge is -2.60. The molecule has 0 spiro atoms. The Labute approximate surface area is 189 Å². The van der Waals surface area contributed by atoms with Crippen LogP contribution in [-0.4, -0.2) is 51.8 Å². The Balaban J connectivity index is 1.26. The molecule has 2 amide bonds. The molecule has 0 radical (unpaired) electrons. The highest BCUT2D eigenvalue weighted by molar-refractivity contribution is 5.93. The number of nitrogens with zero attached hydrogens (tertiary/aromatic N) is 3. The molecule has 4 fully saturated rings. The van der Waals surface area contributed by atoms with Crippen molar-refractivity contribution < 1.29 is 9.59 Å². The van der Waals surface area contributed by atoms with Crippen molar-refractivity contribution in [3.63, 3.8) is 0 Å². The molecule has 172 valence electrons. The molecule has 1 saturated heterocycles. The van der Waals surface area contributed by atoms with Crippen molar-refractivity contribution in [2.24, 2.45) is 28.9 Å². The molecule has 4 aliphatic rings. The zero-order valence-corrected chi connectivity index (χ0v) is 19.2. The summed E-state index contributed by atoms with van der Waals surface area (Å²) in [5.74, 6) is 2.11. The van der Waals surface area contributed by atoms with E-state index in [2.05, 4.69) is 24.1 Å². The number of carbonyl (C=O) groups is 2. The number of fused-ring (bicyclic) bond motifs is 3. The van der Waals surface area contributed by atoms with Gasteiger partial charge < -0.3 is 16.0 Å². The van der Waals surface area contributed by atoms with Crippen LogP contribution in [0.5, 0.6) is 0 Å². The predicted octanol–water partition coefficient (Wildman–Crippen LogP) is 2.63. The first-order valence-electron chi connectivity index (χ1n) is 12.1. The third-order valence-electron chi connectivity index (χ3n) is 8.44. The van der Waals surface area contributed by atoms with Gasteiger partial charge in [0.1, 0.15) is 11.3 Å². The van der Waals surface area contributed by atoms with Gasteiger partial charge in [-0.2, -0.15) is 0 Å². The highest BCUT2D eigenvalue weighted by Gasteiger charge is 2.53. The smallest absolute Gasteiger partial charge is 0.268 e. The average Bonchev–Trinajstić information content (AvgIpc) is 3.19. The van der Waals surface area contributed by atoms with Crippen LogP contribution in [0, 0.1) is 23.2 Å². The Kier molecular flexibility index (Phi) is 5.48. The number of pyridine rings is 1. The van der Waals surface area contributed by atoms with Crippen molar-refractivity contribution in [2.75, 3.05) is 19.6 Å². The van der Waals surface area contributed by atoms with E-state index in [1.54, 1.807) is 0 Å². The maximum absolute atomic E-state index is 13.0. The number of hydrogen-bond donors (Lipinski definition) is 2. The number of nitrogens with one attached hydrogen (secondary N) is 1. The van der Waals surface area contributed by atoms with Gasteiger partial charge in [-0.25, -0.2) is 4.98 Å². The predicted molar refractivity (Wildman–Crippen MR) is 123 cm³/mol. The number of piperidine rings is 1. The van der Waals surface area contributed by atoms with Gasteiger partial charge in [0, 0.05) is 31.9 Å². The van der Waals surface area contributed by atoms with Gasteiger partial charge >= 0.3 is 0 Å². The molecule has 3 aliphatic carbocycles. The van der Waals surface area contributed by atoms with Crippen LogP contribution < -0.4 is 11.1 Å². The molecule has 2 aromatic rings. The number of rotatable bonds is 5. The van der Waals surface area contributed by atoms with Crippen LogP contribution in [0.25, 0.3) is 5.65 Å². The highest BCUT2D eigenvalue weighted by Crippen LogP contribution is 2.61. The first kappa shape index (κ1) is 21.4. The summed E-state index contributed by atoms with van der Waals surface area (Å²) in [6.07, 6.45) is 7.77. The van der Waals surface area contributed by atoms with Crippen LogP contribution in [0.2, 0.25) is 0 Å². The van der Waals surface area contributed by atoms with E-state index < -0.39 is 0 Å². The highest BCUT2D eigenvalue weighted by atomic mass is 16.2. The number of nitrogens with two attached hydrogens (primary N) is 1. The Morgan fingerprint density at radius 1 is 1.25 bits per heavy atom. The SMILES string of the molecule is CC1(C)C2CC[C@H](CNC(=O)c3cccc4nc(CC(=O)N5CCC[C@@H](N)C5)cn34)C1C2. The summed E-state index contributed by atoms with van der Waals surface area (Å²) in [5.41, 5.74) is 8.38. The van der Waals surface area contributed by atoms with E-state index in [0.29, 0.717) is 40.8 Å². The first-order chi connectivity index (χ1) is 15.3. The lowest BCUT2D eigenvalue weighted by Crippen LogP contribution is -2.54. The molecule has 3 saturated carbocycles. The second-order valence-electron chi connectivity index (χ2n) is 10.7. The normalized spacial score (nSPS) is 28.9. The van der Waals surface area contributed by atoms with Crippen LogP contribution in [0.15, 0.2) is 24.4 Å². The summed E-state index contributed by atoms with van der Waals surface area (Å²) < 4.78 is 1.81. The number of imidazole rings is 1. The molecule has 2 aromatic heterocycles. The van der Waals surface area contributed by atoms with Gasteiger partial charge in [-0.1, -0.05) is 19.9 Å². The van der Waals surface area contributed by atoms with Gasteiger partial charge in [0.05, 0.1) is 12.1 Å². The average molecular weight is 438 g/mol. The van der Waals surface area contributed by atoms with Crippen LogP contribution in [0.4, 0.5) is 0 Å². The fourth-order valence-corrected chi connectivity index (χ4v) is 6.36. The second-order valence-corrected chi connectivity index (χ2v) is 10.7. The van der Waals surface area contributed by atoms with Gasteiger partial charge in [0.15, 0.2) is 0 Å². The van der Waals surface area contributed by atoms with Crippen molar-refractivity contribution in [3.8, 4) is 0 Å². The molecule has 6 rings (SSSR count). The topological polar surface area (TPSA) is 92.7 Å². The number of carbonyl (C=O) groups excluding carboxylic acids is 2. The van der Waals surface area contributed by atoms with E-state index in [0.717, 1.165) is 31.8 Å². The maximum atomic E-state index is 13.0. The van der Waals surface area contributed by atoms with Crippen molar-refractivity contribution >= 4 is 17.5 Å². The number of hydrogen-bond acceptors (Lipinski definition) is 4. The third kappa shape index (κ3) is 3.81. The van der Waals surface area contributed by atoms with E-state index >= 15 is 0 Å². The van der Waals surface area contributed by atoms with Gasteiger partial charge in [-0.05, 0) is 67.4 Å². The van der Waals surface area contributed by atoms with Crippen LogP contribution in [0.3, 0.4) is 0 Å². The molecular formula is C25H35N5O2. The molecule has 0 aromatic carbocycles. The maximum Gasteiger partial charge on any atom is 0.268 e. The van der Waals surface area contributed by atoms with E-state index in [4.69, 9.17) is 5.73 Å². The molecular weight excluding hydrogens is 402 g/mol. The Hall–Kier alpha value is -2.41. The van der Waals surface area contributed by atoms with Crippen molar-refractivity contribution in [1.82, 2.24) is 19.6 Å². The molecule has 3 heterocycles. The summed E-state index contributed by atoms with van der Waals surface area (Å²) in [5, 5.41) is 3.18. The molecule has 4 atom stereocenters. The zero-order valence-electron chi connectivity index (χ0n) is 19.2. The largest absolute Gasteiger partial charge is 0.350 e. The molecule has 7 nitrogen and oxygen atoms in total. The number of amides is 2. The quantitative estimate of drug-likeness (QED) is 0.752. The Morgan fingerprint density at radius 3 is 2.84 bits per heavy atom. The summed E-state index contributed by atoms with van der Waals surface area (Å²) in [6, 6.07) is 5.61. The minimum atomic E-state index is -0.0767. The fourth-order valence-electron chi connectivity index (χ4n) is 6.36.